The molecule has 0 bridgehead atoms. The molecule has 5 nitrogen and oxygen atoms in total. The maximum atomic E-state index is 6.76. The van der Waals surface area contributed by atoms with Gasteiger partial charge in [-0.25, -0.2) is 15.0 Å². The maximum Gasteiger partial charge on any atom is 0.164 e. The van der Waals surface area contributed by atoms with Gasteiger partial charge in [-0.3, -0.25) is 0 Å². The van der Waals surface area contributed by atoms with Gasteiger partial charge < -0.3 is 8.98 Å². The van der Waals surface area contributed by atoms with Gasteiger partial charge in [0, 0.05) is 69.7 Å². The first-order valence-electron chi connectivity index (χ1n) is 19.0. The molecule has 0 N–H and O–H groups in total. The molecule has 12 aromatic rings. The molecule has 8 aromatic carbocycles. The average molecular weight is 747 g/mol. The molecule has 0 aliphatic carbocycles. The van der Waals surface area contributed by atoms with E-state index in [1.807, 2.05) is 84.1 Å². The minimum atomic E-state index is 0.605. The number of furan rings is 1. The number of thiophene rings is 1. The first kappa shape index (κ1) is 31.9. The van der Waals surface area contributed by atoms with E-state index in [0.717, 1.165) is 49.8 Å². The topological polar surface area (TPSA) is 56.7 Å². The van der Waals surface area contributed by atoms with Gasteiger partial charge in [-0.1, -0.05) is 146 Å². The van der Waals surface area contributed by atoms with Crippen LogP contribution in [-0.4, -0.2) is 19.5 Å². The Hall–Kier alpha value is -7.41. The fourth-order valence-electron chi connectivity index (χ4n) is 8.46. The molecule has 0 fully saturated rings. The van der Waals surface area contributed by atoms with Gasteiger partial charge >= 0.3 is 0 Å². The molecule has 0 atom stereocenters. The van der Waals surface area contributed by atoms with E-state index in [4.69, 9.17) is 19.4 Å². The summed E-state index contributed by atoms with van der Waals surface area (Å²) in [6, 6.07) is 63.7. The van der Waals surface area contributed by atoms with Gasteiger partial charge in [0.1, 0.15) is 11.2 Å². The van der Waals surface area contributed by atoms with E-state index in [9.17, 15) is 0 Å². The zero-order valence-electron chi connectivity index (χ0n) is 30.4. The lowest BCUT2D eigenvalue weighted by Gasteiger charge is -2.09. The Kier molecular flexibility index (Phi) is 7.03. The van der Waals surface area contributed by atoms with Crippen molar-refractivity contribution in [1.82, 2.24) is 19.5 Å². The van der Waals surface area contributed by atoms with E-state index in [2.05, 4.69) is 114 Å². The van der Waals surface area contributed by atoms with Crippen LogP contribution in [0.3, 0.4) is 0 Å². The highest BCUT2D eigenvalue weighted by atomic mass is 32.1. The number of nitrogens with zero attached hydrogens (tertiary/aromatic N) is 4. The predicted octanol–water partition coefficient (Wildman–Crippen LogP) is 13.9. The first-order valence-corrected chi connectivity index (χ1v) is 19.8. The minimum Gasteiger partial charge on any atom is -0.455 e. The molecular weight excluding hydrogens is 717 g/mol. The normalized spacial score (nSPS) is 11.9. The fraction of sp³-hybridized carbons (Fsp3) is 0. The molecule has 0 unspecified atom stereocenters. The van der Waals surface area contributed by atoms with Gasteiger partial charge in [-0.2, -0.15) is 0 Å². The van der Waals surface area contributed by atoms with Gasteiger partial charge in [0.2, 0.25) is 0 Å². The van der Waals surface area contributed by atoms with Crippen molar-refractivity contribution < 1.29 is 4.42 Å². The second kappa shape index (κ2) is 12.6. The Morgan fingerprint density at radius 1 is 0.404 bits per heavy atom. The third-order valence-corrected chi connectivity index (χ3v) is 12.2. The number of hydrogen-bond donors (Lipinski definition) is 0. The minimum absolute atomic E-state index is 0.605. The summed E-state index contributed by atoms with van der Waals surface area (Å²) in [5.41, 5.74) is 10.2. The van der Waals surface area contributed by atoms with Crippen molar-refractivity contribution in [2.75, 3.05) is 0 Å². The molecule has 0 aliphatic heterocycles. The van der Waals surface area contributed by atoms with E-state index < -0.39 is 0 Å². The van der Waals surface area contributed by atoms with Crippen LogP contribution in [0, 0.1) is 0 Å². The Labute approximate surface area is 330 Å². The first-order chi connectivity index (χ1) is 28.2. The number of hydrogen-bond acceptors (Lipinski definition) is 5. The summed E-state index contributed by atoms with van der Waals surface area (Å²) in [5, 5.41) is 7.06. The van der Waals surface area contributed by atoms with E-state index >= 15 is 0 Å². The average Bonchev–Trinajstić information content (AvgIpc) is 3.96. The molecule has 0 saturated carbocycles. The second-order valence-corrected chi connectivity index (χ2v) is 15.4. The summed E-state index contributed by atoms with van der Waals surface area (Å²) in [6.45, 7) is 0. The lowest BCUT2D eigenvalue weighted by atomic mass is 9.99. The van der Waals surface area contributed by atoms with E-state index in [1.165, 1.54) is 47.7 Å². The summed E-state index contributed by atoms with van der Waals surface area (Å²) < 4.78 is 11.6. The molecule has 0 amide bonds. The summed E-state index contributed by atoms with van der Waals surface area (Å²) in [5.74, 6) is 1.86. The second-order valence-electron chi connectivity index (χ2n) is 14.4. The maximum absolute atomic E-state index is 6.76. The fourth-order valence-corrected chi connectivity index (χ4v) is 9.64. The lowest BCUT2D eigenvalue weighted by molar-refractivity contribution is 0.670. The van der Waals surface area contributed by atoms with Crippen molar-refractivity contribution in [3.8, 4) is 51.0 Å². The van der Waals surface area contributed by atoms with Crippen molar-refractivity contribution in [3.63, 3.8) is 0 Å². The van der Waals surface area contributed by atoms with E-state index in [0.29, 0.717) is 17.5 Å². The smallest absolute Gasteiger partial charge is 0.164 e. The van der Waals surface area contributed by atoms with Gasteiger partial charge in [0.15, 0.2) is 17.5 Å². The zero-order chi connectivity index (χ0) is 37.5. The van der Waals surface area contributed by atoms with Gasteiger partial charge in [-0.05, 0) is 42.0 Å². The van der Waals surface area contributed by atoms with Crippen LogP contribution in [0.15, 0.2) is 186 Å². The zero-order valence-corrected chi connectivity index (χ0v) is 31.2. The lowest BCUT2D eigenvalue weighted by Crippen LogP contribution is -2.00. The van der Waals surface area contributed by atoms with Crippen LogP contribution in [0.25, 0.3) is 115 Å². The van der Waals surface area contributed by atoms with Crippen molar-refractivity contribution in [2.45, 2.75) is 0 Å². The summed E-state index contributed by atoms with van der Waals surface area (Å²) in [6.07, 6.45) is 0. The van der Waals surface area contributed by atoms with Gasteiger partial charge in [0.05, 0.1) is 11.0 Å². The van der Waals surface area contributed by atoms with Crippen molar-refractivity contribution >= 4 is 75.3 Å². The molecule has 266 valence electrons. The molecule has 0 saturated heterocycles. The Balaban J connectivity index is 0.994. The highest BCUT2D eigenvalue weighted by Gasteiger charge is 2.20. The molecule has 0 spiro atoms. The number of benzene rings is 8. The van der Waals surface area contributed by atoms with Crippen molar-refractivity contribution in [3.05, 3.63) is 182 Å². The quantitative estimate of drug-likeness (QED) is 0.176. The Bertz CT molecular complexity index is 3420. The van der Waals surface area contributed by atoms with Crippen LogP contribution >= 0.6 is 11.3 Å². The van der Waals surface area contributed by atoms with Crippen molar-refractivity contribution in [2.24, 2.45) is 0 Å². The summed E-state index contributed by atoms with van der Waals surface area (Å²) in [7, 11) is 0. The van der Waals surface area contributed by atoms with Crippen LogP contribution in [0.1, 0.15) is 0 Å². The van der Waals surface area contributed by atoms with Crippen LogP contribution in [0.2, 0.25) is 0 Å². The molecular formula is C51H30N4OS. The highest BCUT2D eigenvalue weighted by molar-refractivity contribution is 7.25. The van der Waals surface area contributed by atoms with E-state index in [1.54, 1.807) is 0 Å². The molecule has 57 heavy (non-hydrogen) atoms. The summed E-state index contributed by atoms with van der Waals surface area (Å²) >= 11 is 1.84. The highest BCUT2D eigenvalue weighted by Crippen LogP contribution is 2.43. The molecule has 6 heteroatoms. The van der Waals surface area contributed by atoms with Crippen LogP contribution in [0.4, 0.5) is 0 Å². The van der Waals surface area contributed by atoms with E-state index in [-0.39, 0.29) is 0 Å². The van der Waals surface area contributed by atoms with Crippen LogP contribution < -0.4 is 0 Å². The predicted molar refractivity (Wildman–Crippen MR) is 236 cm³/mol. The SMILES string of the molecule is c1ccc(-c2nc(-c3ccccc3)nc(-c3cccc4oc5c(-c6ccc7c(c6)sc6cc(-n8c9ccccc9c9ccccc98)ccc67)cccc5c34)n2)cc1. The third kappa shape index (κ3) is 5.04. The number of fused-ring (bicyclic) bond motifs is 9. The molecule has 12 rings (SSSR count). The Morgan fingerprint density at radius 2 is 0.965 bits per heavy atom. The Morgan fingerprint density at radius 3 is 1.67 bits per heavy atom. The van der Waals surface area contributed by atoms with Gasteiger partial charge in [-0.15, -0.1) is 11.3 Å². The molecule has 0 aliphatic rings. The number of rotatable bonds is 5. The number of para-hydroxylation sites is 3. The monoisotopic (exact) mass is 746 g/mol. The standard InChI is InChI=1S/C51H30N4OS/c1-3-13-31(14-4-1)49-52-50(32-15-5-2-6-16-32)54-51(53-49)41-21-12-24-44-47(41)40-20-11-19-35(48(40)56-44)33-25-27-38-39-28-26-34(30-46(39)57-45(38)29-33)55-42-22-9-7-17-36(42)37-18-8-10-23-43(37)55/h1-30H. The third-order valence-electron chi connectivity index (χ3n) is 11.1. The summed E-state index contributed by atoms with van der Waals surface area (Å²) in [4.78, 5) is 15.0. The van der Waals surface area contributed by atoms with Crippen molar-refractivity contribution in [1.29, 1.82) is 0 Å². The molecule has 4 aromatic heterocycles. The van der Waals surface area contributed by atoms with Crippen LogP contribution in [-0.2, 0) is 0 Å². The van der Waals surface area contributed by atoms with Crippen LogP contribution in [0.5, 0.6) is 0 Å². The molecule has 0 radical (unpaired) electrons. The molecule has 4 heterocycles. The largest absolute Gasteiger partial charge is 0.455 e. The number of aromatic nitrogens is 4. The van der Waals surface area contributed by atoms with Gasteiger partial charge in [0.25, 0.3) is 0 Å².